The van der Waals surface area contributed by atoms with Crippen LogP contribution in [-0.2, 0) is 29.4 Å². The number of benzene rings is 2. The zero-order valence-corrected chi connectivity index (χ0v) is 35.5. The third kappa shape index (κ3) is 10.8. The average Bonchev–Trinajstić information content (AvgIpc) is 3.49. The van der Waals surface area contributed by atoms with Crippen molar-refractivity contribution in [2.24, 2.45) is 0 Å². The fraction of sp³-hybridized carbons (Fsp3) is 0.578. The van der Waals surface area contributed by atoms with Crippen LogP contribution in [0.25, 0.3) is 4.85 Å². The summed E-state index contributed by atoms with van der Waals surface area (Å²) in [6.45, 7) is 31.1. The molecule has 2 heterocycles. The molecule has 0 aromatic heterocycles. The second-order valence-corrected chi connectivity index (χ2v) is 17.3. The van der Waals surface area contributed by atoms with E-state index in [9.17, 15) is 4.79 Å². The molecule has 2 aromatic rings. The van der Waals surface area contributed by atoms with Gasteiger partial charge in [-0.05, 0) is 85.4 Å². The summed E-state index contributed by atoms with van der Waals surface area (Å²) in [5.74, 6) is 0.310. The highest BCUT2D eigenvalue weighted by Gasteiger charge is 2.44. The summed E-state index contributed by atoms with van der Waals surface area (Å²) in [7, 11) is -1.26. The first-order valence-electron chi connectivity index (χ1n) is 20.1. The number of allylic oxidation sites excluding steroid dienone is 4. The first-order chi connectivity index (χ1) is 25.9. The maximum Gasteiger partial charge on any atom is 0.259 e. The Hall–Kier alpha value is -3.18. The quantitative estimate of drug-likeness (QED) is 0.0487. The van der Waals surface area contributed by atoms with Gasteiger partial charge < -0.3 is 23.5 Å². The molecule has 0 N–H and O–H groups in total. The van der Waals surface area contributed by atoms with Crippen LogP contribution in [-0.4, -0.2) is 78.9 Å². The summed E-state index contributed by atoms with van der Waals surface area (Å²) in [6, 6.07) is 18.1. The van der Waals surface area contributed by atoms with Gasteiger partial charge in [-0.2, -0.15) is 4.58 Å². The van der Waals surface area contributed by atoms with Crippen LogP contribution in [0.2, 0.25) is 0 Å². The van der Waals surface area contributed by atoms with Crippen LogP contribution in [0.15, 0.2) is 72.5 Å². The van der Waals surface area contributed by atoms with Crippen molar-refractivity contribution in [3.8, 4) is 0 Å². The van der Waals surface area contributed by atoms with Crippen molar-refractivity contribution >= 4 is 31.4 Å². The Balaban J connectivity index is 1.24. The van der Waals surface area contributed by atoms with Gasteiger partial charge in [0.15, 0.2) is 5.71 Å². The van der Waals surface area contributed by atoms with Gasteiger partial charge in [0.05, 0.1) is 18.6 Å². The Kier molecular flexibility index (Phi) is 16.7. The SMILES string of the molecule is [C-]#[N+]CCOP(OCCOCCCC(=O)CCCCC[N+]1=C(/C=C/C=C2/N(CC)c3ccccc3C2(C)C)C(C)(C)c2ccccc21)N(C(C)C)C(C)C. The molecule has 9 heteroatoms. The van der Waals surface area contributed by atoms with Crippen molar-refractivity contribution in [3.63, 3.8) is 0 Å². The van der Waals surface area contributed by atoms with E-state index in [4.69, 9.17) is 20.4 Å². The molecule has 0 radical (unpaired) electrons. The molecule has 0 saturated carbocycles. The van der Waals surface area contributed by atoms with Gasteiger partial charge in [0.25, 0.3) is 8.53 Å². The standard InChI is InChI=1S/C45H66N4O4P/c1-11-47-40-25-16-14-23-38(40)44(6,7)42(47)27-19-28-43-45(8,9)39-24-15-17-26-41(39)48(43)30-18-12-13-21-37(50)22-20-31-51-33-34-53-54(52-32-29-46-10)49(35(2)3)36(4)5/h14-17,19,23-28,35-36H,11-13,18,20-22,29-34H2,1-9H3/q+1. The number of nitrogens with zero attached hydrogens (tertiary/aromatic N) is 4. The van der Waals surface area contributed by atoms with E-state index >= 15 is 0 Å². The van der Waals surface area contributed by atoms with Crippen LogP contribution >= 0.6 is 8.53 Å². The zero-order chi connectivity index (χ0) is 39.3. The Labute approximate surface area is 328 Å². The summed E-state index contributed by atoms with van der Waals surface area (Å²) in [4.78, 5) is 18.5. The fourth-order valence-corrected chi connectivity index (χ4v) is 9.51. The van der Waals surface area contributed by atoms with Crippen molar-refractivity contribution < 1.29 is 23.2 Å². The number of hydrogen-bond acceptors (Lipinski definition) is 6. The van der Waals surface area contributed by atoms with Crippen LogP contribution in [0.5, 0.6) is 0 Å². The molecule has 0 saturated heterocycles. The molecule has 0 spiro atoms. The van der Waals surface area contributed by atoms with E-state index in [0.29, 0.717) is 51.6 Å². The van der Waals surface area contributed by atoms with E-state index in [1.54, 1.807) is 0 Å². The third-order valence-electron chi connectivity index (χ3n) is 10.6. The Morgan fingerprint density at radius 3 is 2.24 bits per heavy atom. The van der Waals surface area contributed by atoms with Crippen LogP contribution < -0.4 is 4.90 Å². The topological polar surface area (TPSA) is 58.6 Å². The number of Topliss-reactive ketones (excluding diaryl/α,β-unsaturated/α-hetero) is 1. The van der Waals surface area contributed by atoms with Crippen LogP contribution in [0.4, 0.5) is 11.4 Å². The molecule has 1 atom stereocenters. The number of anilines is 1. The molecule has 4 rings (SSSR count). The number of likely N-dealkylation sites (N-methyl/N-ethyl adjacent to an activating group) is 1. The number of ether oxygens (including phenoxy) is 1. The highest BCUT2D eigenvalue weighted by Crippen LogP contribution is 2.48. The van der Waals surface area contributed by atoms with Crippen LogP contribution in [0, 0.1) is 6.57 Å². The molecular formula is C45H66N4O4P+. The zero-order valence-electron chi connectivity index (χ0n) is 34.6. The monoisotopic (exact) mass is 757 g/mol. The van der Waals surface area contributed by atoms with Gasteiger partial charge in [-0.1, -0.05) is 56.3 Å². The molecule has 2 aliphatic rings. The maximum absolute atomic E-state index is 12.7. The van der Waals surface area contributed by atoms with Crippen LogP contribution in [0.1, 0.15) is 112 Å². The number of carbonyl (C=O) groups excluding carboxylic acids is 1. The normalized spacial score (nSPS) is 17.3. The smallest absolute Gasteiger partial charge is 0.259 e. The molecule has 54 heavy (non-hydrogen) atoms. The van der Waals surface area contributed by atoms with Gasteiger partial charge in [-0.25, -0.2) is 11.2 Å². The molecule has 2 aromatic carbocycles. The number of fused-ring (bicyclic) bond motifs is 2. The lowest BCUT2D eigenvalue weighted by Crippen LogP contribution is -2.34. The highest BCUT2D eigenvalue weighted by atomic mass is 31.2. The molecular weight excluding hydrogens is 691 g/mol. The van der Waals surface area contributed by atoms with Crippen molar-refractivity contribution in [1.29, 1.82) is 0 Å². The maximum atomic E-state index is 12.7. The summed E-state index contributed by atoms with van der Waals surface area (Å²) < 4.78 is 22.5. The molecule has 294 valence electrons. The van der Waals surface area contributed by atoms with Crippen molar-refractivity contribution in [1.82, 2.24) is 4.67 Å². The molecule has 1 unspecified atom stereocenters. The second kappa shape index (κ2) is 20.7. The number of ketones is 1. The van der Waals surface area contributed by atoms with Crippen molar-refractivity contribution in [3.05, 3.63) is 95.0 Å². The number of rotatable bonds is 23. The first kappa shape index (κ1) is 43.5. The third-order valence-corrected chi connectivity index (χ3v) is 12.7. The Morgan fingerprint density at radius 1 is 0.870 bits per heavy atom. The van der Waals surface area contributed by atoms with E-state index in [-0.39, 0.29) is 22.9 Å². The first-order valence-corrected chi connectivity index (χ1v) is 21.3. The minimum atomic E-state index is -1.26. The number of para-hydroxylation sites is 2. The molecule has 0 amide bonds. The number of hydrogen-bond donors (Lipinski definition) is 0. The van der Waals surface area contributed by atoms with E-state index in [2.05, 4.69) is 148 Å². The van der Waals surface area contributed by atoms with E-state index in [1.165, 1.54) is 33.9 Å². The summed E-state index contributed by atoms with van der Waals surface area (Å²) in [5, 5.41) is 0. The summed E-state index contributed by atoms with van der Waals surface area (Å²) >= 11 is 0. The summed E-state index contributed by atoms with van der Waals surface area (Å²) in [5.41, 5.74) is 7.84. The van der Waals surface area contributed by atoms with E-state index in [0.717, 1.165) is 38.8 Å². The number of unbranched alkanes of at least 4 members (excludes halogenated alkanes) is 2. The van der Waals surface area contributed by atoms with Gasteiger partial charge >= 0.3 is 0 Å². The molecule has 0 aliphatic carbocycles. The molecule has 0 fully saturated rings. The molecule has 2 aliphatic heterocycles. The van der Waals surface area contributed by atoms with Gasteiger partial charge in [-0.15, -0.1) is 0 Å². The van der Waals surface area contributed by atoms with Gasteiger partial charge in [-0.3, -0.25) is 4.79 Å². The van der Waals surface area contributed by atoms with Gasteiger partial charge in [0.2, 0.25) is 12.2 Å². The summed E-state index contributed by atoms with van der Waals surface area (Å²) in [6.07, 6.45) is 11.7. The minimum Gasteiger partial charge on any atom is -0.379 e. The van der Waals surface area contributed by atoms with E-state index < -0.39 is 8.53 Å². The van der Waals surface area contributed by atoms with Gasteiger partial charge in [0, 0.05) is 79.0 Å². The van der Waals surface area contributed by atoms with Crippen molar-refractivity contribution in [2.45, 2.75) is 124 Å². The lowest BCUT2D eigenvalue weighted by Gasteiger charge is -2.35. The second-order valence-electron chi connectivity index (χ2n) is 15.9. The Morgan fingerprint density at radius 2 is 1.54 bits per heavy atom. The van der Waals surface area contributed by atoms with Crippen LogP contribution in [0.3, 0.4) is 0 Å². The van der Waals surface area contributed by atoms with Crippen molar-refractivity contribution in [2.75, 3.05) is 51.0 Å². The predicted molar refractivity (Wildman–Crippen MR) is 225 cm³/mol. The molecule has 0 bridgehead atoms. The molecule has 8 nitrogen and oxygen atoms in total. The van der Waals surface area contributed by atoms with Gasteiger partial charge in [0.1, 0.15) is 18.9 Å². The highest BCUT2D eigenvalue weighted by molar-refractivity contribution is 7.44. The lowest BCUT2D eigenvalue weighted by molar-refractivity contribution is -0.438. The largest absolute Gasteiger partial charge is 0.379 e. The Bertz CT molecular complexity index is 1660. The minimum absolute atomic E-state index is 0.0566. The van der Waals surface area contributed by atoms with E-state index in [1.807, 2.05) is 0 Å². The average molecular weight is 758 g/mol. The number of carbonyl (C=O) groups is 1. The predicted octanol–water partition coefficient (Wildman–Crippen LogP) is 10.5. The lowest BCUT2D eigenvalue weighted by atomic mass is 9.81. The fourth-order valence-electron chi connectivity index (χ4n) is 7.94.